The molecule has 0 saturated carbocycles. The average Bonchev–Trinajstić information content (AvgIpc) is 2.63. The minimum Gasteiger partial charge on any atom is -0.467 e. The summed E-state index contributed by atoms with van der Waals surface area (Å²) >= 11 is 0. The maximum Gasteiger partial charge on any atom is 0.328 e. The highest BCUT2D eigenvalue weighted by Gasteiger charge is 2.26. The molecule has 6 heteroatoms. The molecular weight excluding hydrogens is 234 g/mol. The lowest BCUT2D eigenvalue weighted by molar-refractivity contribution is -0.144. The molecule has 0 aliphatic carbocycles. The van der Waals surface area contributed by atoms with Crippen LogP contribution in [-0.2, 0) is 16.6 Å². The molecule has 0 aliphatic rings. The van der Waals surface area contributed by atoms with Crippen LogP contribution in [0.1, 0.15) is 29.9 Å². The van der Waals surface area contributed by atoms with Gasteiger partial charge in [-0.2, -0.15) is 5.10 Å². The topological polar surface area (TPSA) is 73.2 Å². The van der Waals surface area contributed by atoms with Crippen LogP contribution in [0.4, 0.5) is 0 Å². The Morgan fingerprint density at radius 2 is 2.06 bits per heavy atom. The van der Waals surface area contributed by atoms with Gasteiger partial charge in [-0.25, -0.2) is 4.79 Å². The second-order valence-corrected chi connectivity index (χ2v) is 4.52. The van der Waals surface area contributed by atoms with Crippen molar-refractivity contribution in [3.63, 3.8) is 0 Å². The summed E-state index contributed by atoms with van der Waals surface area (Å²) < 4.78 is 6.23. The number of amides is 1. The van der Waals surface area contributed by atoms with Crippen molar-refractivity contribution < 1.29 is 14.3 Å². The number of hydrogen-bond donors (Lipinski definition) is 1. The number of rotatable bonds is 4. The van der Waals surface area contributed by atoms with E-state index in [-0.39, 0.29) is 11.8 Å². The van der Waals surface area contributed by atoms with Crippen LogP contribution < -0.4 is 5.32 Å². The first kappa shape index (κ1) is 14.2. The molecule has 0 radical (unpaired) electrons. The number of aryl methyl sites for hydroxylation is 2. The van der Waals surface area contributed by atoms with Crippen molar-refractivity contribution in [2.45, 2.75) is 26.8 Å². The van der Waals surface area contributed by atoms with Crippen LogP contribution in [0, 0.1) is 12.8 Å². The van der Waals surface area contributed by atoms with Gasteiger partial charge < -0.3 is 10.1 Å². The van der Waals surface area contributed by atoms with E-state index >= 15 is 0 Å². The van der Waals surface area contributed by atoms with E-state index in [0.29, 0.717) is 11.3 Å². The average molecular weight is 253 g/mol. The Kier molecular flexibility index (Phi) is 4.47. The fourth-order valence-electron chi connectivity index (χ4n) is 1.67. The number of hydrogen-bond acceptors (Lipinski definition) is 4. The zero-order chi connectivity index (χ0) is 13.9. The number of carbonyl (C=O) groups excluding carboxylic acids is 2. The van der Waals surface area contributed by atoms with Crippen LogP contribution >= 0.6 is 0 Å². The summed E-state index contributed by atoms with van der Waals surface area (Å²) in [6.07, 6.45) is 1.62. The molecule has 1 aromatic heterocycles. The van der Waals surface area contributed by atoms with Crippen molar-refractivity contribution in [2.24, 2.45) is 13.0 Å². The van der Waals surface area contributed by atoms with Gasteiger partial charge in [0.05, 0.1) is 18.4 Å². The molecule has 1 amide bonds. The van der Waals surface area contributed by atoms with Crippen molar-refractivity contribution in [2.75, 3.05) is 7.11 Å². The van der Waals surface area contributed by atoms with Gasteiger partial charge in [0.1, 0.15) is 6.04 Å². The number of esters is 1. The van der Waals surface area contributed by atoms with Gasteiger partial charge in [0.25, 0.3) is 5.91 Å². The molecule has 0 aliphatic heterocycles. The first-order valence-corrected chi connectivity index (χ1v) is 5.75. The third kappa shape index (κ3) is 3.09. The number of aromatic nitrogens is 2. The molecule has 1 rings (SSSR count). The maximum absolute atomic E-state index is 12.0. The molecule has 0 fully saturated rings. The van der Waals surface area contributed by atoms with Crippen LogP contribution in [0.3, 0.4) is 0 Å². The smallest absolute Gasteiger partial charge is 0.328 e. The number of nitrogens with one attached hydrogen (secondary N) is 1. The Morgan fingerprint density at radius 1 is 1.44 bits per heavy atom. The van der Waals surface area contributed by atoms with E-state index < -0.39 is 12.0 Å². The Hall–Kier alpha value is -1.85. The Labute approximate surface area is 106 Å². The predicted octanol–water partition coefficient (Wildman–Crippen LogP) is 0.656. The first-order valence-electron chi connectivity index (χ1n) is 5.75. The van der Waals surface area contributed by atoms with Crippen molar-refractivity contribution in [1.82, 2.24) is 15.1 Å². The molecule has 0 bridgehead atoms. The summed E-state index contributed by atoms with van der Waals surface area (Å²) in [5.41, 5.74) is 1.09. The minimum atomic E-state index is -0.651. The minimum absolute atomic E-state index is 0.0432. The highest BCUT2D eigenvalue weighted by molar-refractivity contribution is 5.97. The van der Waals surface area contributed by atoms with E-state index in [9.17, 15) is 9.59 Å². The van der Waals surface area contributed by atoms with Crippen LogP contribution in [-0.4, -0.2) is 34.8 Å². The highest BCUT2D eigenvalue weighted by atomic mass is 16.5. The summed E-state index contributed by atoms with van der Waals surface area (Å²) in [5, 5.41) is 6.76. The summed E-state index contributed by atoms with van der Waals surface area (Å²) in [5.74, 6) is -0.803. The Bertz CT molecular complexity index is 451. The molecule has 1 N–H and O–H groups in total. The highest BCUT2D eigenvalue weighted by Crippen LogP contribution is 2.08. The van der Waals surface area contributed by atoms with Gasteiger partial charge in [-0.05, 0) is 12.8 Å². The van der Waals surface area contributed by atoms with Gasteiger partial charge in [0.15, 0.2) is 0 Å². The number of ether oxygens (including phenoxy) is 1. The third-order valence-corrected chi connectivity index (χ3v) is 2.67. The molecule has 1 atom stereocenters. The SMILES string of the molecule is COC(=O)C(NC(=O)c1cn(C)nc1C)C(C)C. The molecule has 0 saturated heterocycles. The summed E-state index contributed by atoms with van der Waals surface area (Å²) in [7, 11) is 3.04. The maximum atomic E-state index is 12.0. The van der Waals surface area contributed by atoms with Gasteiger partial charge in [-0.15, -0.1) is 0 Å². The van der Waals surface area contributed by atoms with Gasteiger partial charge >= 0.3 is 5.97 Å². The normalized spacial score (nSPS) is 12.3. The van der Waals surface area contributed by atoms with E-state index in [0.717, 1.165) is 0 Å². The second kappa shape index (κ2) is 5.66. The van der Waals surface area contributed by atoms with Crippen LogP contribution in [0.15, 0.2) is 6.20 Å². The zero-order valence-corrected chi connectivity index (χ0v) is 11.4. The molecule has 0 aromatic carbocycles. The fourth-order valence-corrected chi connectivity index (χ4v) is 1.67. The first-order chi connectivity index (χ1) is 8.36. The largest absolute Gasteiger partial charge is 0.467 e. The van der Waals surface area contributed by atoms with Crippen molar-refractivity contribution in [1.29, 1.82) is 0 Å². The number of nitrogens with zero attached hydrogens (tertiary/aromatic N) is 2. The Balaban J connectivity index is 2.85. The second-order valence-electron chi connectivity index (χ2n) is 4.52. The van der Waals surface area contributed by atoms with Crippen LogP contribution in [0.25, 0.3) is 0 Å². The molecule has 1 aromatic rings. The third-order valence-electron chi connectivity index (χ3n) is 2.67. The zero-order valence-electron chi connectivity index (χ0n) is 11.4. The molecule has 0 spiro atoms. The van der Waals surface area contributed by atoms with Gasteiger partial charge in [-0.1, -0.05) is 13.8 Å². The molecule has 100 valence electrons. The lowest BCUT2D eigenvalue weighted by Crippen LogP contribution is -2.45. The molecule has 18 heavy (non-hydrogen) atoms. The van der Waals surface area contributed by atoms with E-state index in [4.69, 9.17) is 0 Å². The van der Waals surface area contributed by atoms with E-state index in [2.05, 4.69) is 15.2 Å². The number of methoxy groups -OCH3 is 1. The van der Waals surface area contributed by atoms with Gasteiger partial charge in [0, 0.05) is 13.2 Å². The summed E-state index contributed by atoms with van der Waals surface area (Å²) in [4.78, 5) is 23.6. The Morgan fingerprint density at radius 3 is 2.44 bits per heavy atom. The van der Waals surface area contributed by atoms with Gasteiger partial charge in [-0.3, -0.25) is 9.48 Å². The number of carbonyl (C=O) groups is 2. The predicted molar refractivity (Wildman–Crippen MR) is 66.1 cm³/mol. The van der Waals surface area contributed by atoms with E-state index in [1.54, 1.807) is 24.9 Å². The van der Waals surface area contributed by atoms with E-state index in [1.807, 2.05) is 13.8 Å². The molecule has 1 heterocycles. The standard InChI is InChI=1S/C12H19N3O3/c1-7(2)10(12(17)18-5)13-11(16)9-6-15(4)14-8(9)3/h6-7,10H,1-5H3,(H,13,16). The van der Waals surface area contributed by atoms with E-state index in [1.165, 1.54) is 7.11 Å². The summed E-state index contributed by atoms with van der Waals surface area (Å²) in [6, 6.07) is -0.651. The van der Waals surface area contributed by atoms with Crippen molar-refractivity contribution in [3.05, 3.63) is 17.5 Å². The monoisotopic (exact) mass is 253 g/mol. The summed E-state index contributed by atoms with van der Waals surface area (Å²) in [6.45, 7) is 5.44. The lowest BCUT2D eigenvalue weighted by Gasteiger charge is -2.19. The van der Waals surface area contributed by atoms with Gasteiger partial charge in [0.2, 0.25) is 0 Å². The van der Waals surface area contributed by atoms with Crippen molar-refractivity contribution in [3.8, 4) is 0 Å². The quantitative estimate of drug-likeness (QED) is 0.800. The van der Waals surface area contributed by atoms with Crippen molar-refractivity contribution >= 4 is 11.9 Å². The van der Waals surface area contributed by atoms with Crippen LogP contribution in [0.2, 0.25) is 0 Å². The molecular formula is C12H19N3O3. The van der Waals surface area contributed by atoms with Crippen LogP contribution in [0.5, 0.6) is 0 Å². The lowest BCUT2D eigenvalue weighted by atomic mass is 10.0. The molecule has 6 nitrogen and oxygen atoms in total. The molecule has 1 unspecified atom stereocenters. The fraction of sp³-hybridized carbons (Fsp3) is 0.583.